The van der Waals surface area contributed by atoms with Gasteiger partial charge in [0, 0.05) is 18.1 Å². The molecule has 22 heavy (non-hydrogen) atoms. The molecule has 1 saturated heterocycles. The first kappa shape index (κ1) is 17.5. The summed E-state index contributed by atoms with van der Waals surface area (Å²) in [7, 11) is 4.05. The summed E-state index contributed by atoms with van der Waals surface area (Å²) in [6, 6.07) is 8.10. The van der Waals surface area contributed by atoms with Crippen LogP contribution < -0.4 is 10.1 Å². The van der Waals surface area contributed by atoms with Gasteiger partial charge in [-0.25, -0.2) is 0 Å². The lowest BCUT2D eigenvalue weighted by molar-refractivity contribution is -0.123. The molecule has 0 radical (unpaired) electrons. The molecule has 4 nitrogen and oxygen atoms in total. The number of thioether (sulfide) groups is 2. The van der Waals surface area contributed by atoms with E-state index in [-0.39, 0.29) is 12.5 Å². The quantitative estimate of drug-likeness (QED) is 0.737. The number of ether oxygens (including phenoxy) is 1. The first-order chi connectivity index (χ1) is 10.6. The van der Waals surface area contributed by atoms with Gasteiger partial charge in [-0.05, 0) is 44.8 Å². The van der Waals surface area contributed by atoms with Crippen LogP contribution in [-0.4, -0.2) is 56.1 Å². The van der Waals surface area contributed by atoms with Gasteiger partial charge in [-0.15, -0.1) is 23.5 Å². The molecule has 1 heterocycles. The van der Waals surface area contributed by atoms with E-state index in [9.17, 15) is 4.79 Å². The molecule has 0 aliphatic carbocycles. The lowest BCUT2D eigenvalue weighted by atomic mass is 10.2. The molecule has 0 unspecified atom stereocenters. The van der Waals surface area contributed by atoms with Gasteiger partial charge in [-0.2, -0.15) is 0 Å². The normalized spacial score (nSPS) is 15.2. The molecule has 1 aromatic carbocycles. The van der Waals surface area contributed by atoms with Crippen LogP contribution in [0.5, 0.6) is 5.75 Å². The maximum Gasteiger partial charge on any atom is 0.257 e. The summed E-state index contributed by atoms with van der Waals surface area (Å²) in [5.74, 6) is 3.13. The van der Waals surface area contributed by atoms with E-state index in [0.29, 0.717) is 11.1 Å². The monoisotopic (exact) mass is 340 g/mol. The highest BCUT2D eigenvalue weighted by molar-refractivity contribution is 8.19. The number of hydrogen-bond donors (Lipinski definition) is 1. The Morgan fingerprint density at radius 2 is 1.95 bits per heavy atom. The Balaban J connectivity index is 1.66. The zero-order valence-electron chi connectivity index (χ0n) is 13.2. The third-order valence-electron chi connectivity index (χ3n) is 3.25. The Labute approximate surface area is 141 Å². The average Bonchev–Trinajstić information content (AvgIpc) is 3.04. The van der Waals surface area contributed by atoms with Crippen LogP contribution in [0.15, 0.2) is 24.3 Å². The molecule has 0 atom stereocenters. The minimum atomic E-state index is -0.0651. The standard InChI is InChI=1S/C16H24N2O2S2/c1-18(2)9-3-8-17-15(19)12-20-14-6-4-13(5-7-14)16-21-10-11-22-16/h4-7,16H,3,8-12H2,1-2H3,(H,17,19). The number of amides is 1. The summed E-state index contributed by atoms with van der Waals surface area (Å²) in [6.07, 6.45) is 0.949. The summed E-state index contributed by atoms with van der Waals surface area (Å²) in [5.41, 5.74) is 1.33. The number of nitrogens with zero attached hydrogens (tertiary/aromatic N) is 1. The number of rotatable bonds is 8. The van der Waals surface area contributed by atoms with Crippen molar-refractivity contribution < 1.29 is 9.53 Å². The van der Waals surface area contributed by atoms with Crippen LogP contribution in [0.4, 0.5) is 0 Å². The van der Waals surface area contributed by atoms with Crippen molar-refractivity contribution in [3.8, 4) is 5.75 Å². The second kappa shape index (κ2) is 9.33. The highest BCUT2D eigenvalue weighted by Gasteiger charge is 2.17. The maximum atomic E-state index is 11.7. The minimum Gasteiger partial charge on any atom is -0.484 e. The molecule has 0 bridgehead atoms. The molecule has 0 aromatic heterocycles. The highest BCUT2D eigenvalue weighted by atomic mass is 32.2. The molecule has 1 amide bonds. The van der Waals surface area contributed by atoms with E-state index >= 15 is 0 Å². The van der Waals surface area contributed by atoms with Crippen molar-refractivity contribution in [2.24, 2.45) is 0 Å². The molecule has 1 aromatic rings. The van der Waals surface area contributed by atoms with Crippen molar-refractivity contribution in [2.75, 3.05) is 45.3 Å². The molecule has 0 spiro atoms. The summed E-state index contributed by atoms with van der Waals surface area (Å²) in [6.45, 7) is 1.74. The van der Waals surface area contributed by atoms with Crippen molar-refractivity contribution in [3.63, 3.8) is 0 Å². The molecule has 0 saturated carbocycles. The number of hydrogen-bond acceptors (Lipinski definition) is 5. The van der Waals surface area contributed by atoms with Gasteiger partial charge in [0.25, 0.3) is 5.91 Å². The summed E-state index contributed by atoms with van der Waals surface area (Å²) < 4.78 is 6.08. The number of nitrogens with one attached hydrogen (secondary N) is 1. The molecular formula is C16H24N2O2S2. The van der Waals surface area contributed by atoms with Gasteiger partial charge in [-0.3, -0.25) is 4.79 Å². The molecule has 1 aliphatic rings. The number of carbonyl (C=O) groups excluding carboxylic acids is 1. The second-order valence-electron chi connectivity index (χ2n) is 5.44. The zero-order valence-corrected chi connectivity index (χ0v) is 14.8. The third kappa shape index (κ3) is 6.10. The van der Waals surface area contributed by atoms with Gasteiger partial charge in [0.2, 0.25) is 0 Å². The van der Waals surface area contributed by atoms with Crippen molar-refractivity contribution in [3.05, 3.63) is 29.8 Å². The van der Waals surface area contributed by atoms with Gasteiger partial charge in [-0.1, -0.05) is 12.1 Å². The lowest BCUT2D eigenvalue weighted by Crippen LogP contribution is -2.31. The van der Waals surface area contributed by atoms with Crippen LogP contribution >= 0.6 is 23.5 Å². The topological polar surface area (TPSA) is 41.6 Å². The summed E-state index contributed by atoms with van der Waals surface area (Å²) >= 11 is 3.97. The lowest BCUT2D eigenvalue weighted by Gasteiger charge is -2.11. The first-order valence-electron chi connectivity index (χ1n) is 7.52. The van der Waals surface area contributed by atoms with Crippen LogP contribution in [0.2, 0.25) is 0 Å². The van der Waals surface area contributed by atoms with Gasteiger partial charge in [0.05, 0.1) is 4.58 Å². The SMILES string of the molecule is CN(C)CCCNC(=O)COc1ccc(C2SCCS2)cc1. The smallest absolute Gasteiger partial charge is 0.257 e. The Morgan fingerprint density at radius 1 is 1.27 bits per heavy atom. The molecule has 6 heteroatoms. The molecule has 2 rings (SSSR count). The van der Waals surface area contributed by atoms with E-state index in [2.05, 4.69) is 22.3 Å². The fourth-order valence-corrected chi connectivity index (χ4v) is 4.95. The fraction of sp³-hybridized carbons (Fsp3) is 0.562. The fourth-order valence-electron chi connectivity index (χ4n) is 2.10. The minimum absolute atomic E-state index is 0.0651. The summed E-state index contributed by atoms with van der Waals surface area (Å²) in [4.78, 5) is 13.8. The Kier molecular flexibility index (Phi) is 7.42. The van der Waals surface area contributed by atoms with Crippen molar-refractivity contribution in [1.82, 2.24) is 10.2 Å². The maximum absolute atomic E-state index is 11.7. The van der Waals surface area contributed by atoms with E-state index < -0.39 is 0 Å². The van der Waals surface area contributed by atoms with Crippen LogP contribution in [0.3, 0.4) is 0 Å². The predicted octanol–water partition coefficient (Wildman–Crippen LogP) is 2.61. The molecule has 1 fully saturated rings. The van der Waals surface area contributed by atoms with Gasteiger partial charge in [0.15, 0.2) is 6.61 Å². The molecule has 1 aliphatic heterocycles. The van der Waals surface area contributed by atoms with Gasteiger partial charge in [0.1, 0.15) is 5.75 Å². The van der Waals surface area contributed by atoms with Crippen molar-refractivity contribution in [2.45, 2.75) is 11.0 Å². The van der Waals surface area contributed by atoms with Crippen molar-refractivity contribution >= 4 is 29.4 Å². The van der Waals surface area contributed by atoms with Crippen LogP contribution in [0.1, 0.15) is 16.6 Å². The summed E-state index contributed by atoms with van der Waals surface area (Å²) in [5, 5.41) is 2.87. The molecule has 122 valence electrons. The van der Waals surface area contributed by atoms with Crippen LogP contribution in [-0.2, 0) is 4.79 Å². The number of carbonyl (C=O) groups is 1. The number of benzene rings is 1. The average molecular weight is 341 g/mol. The first-order valence-corrected chi connectivity index (χ1v) is 9.62. The van der Waals surface area contributed by atoms with Crippen molar-refractivity contribution in [1.29, 1.82) is 0 Å². The Bertz CT molecular complexity index is 460. The van der Waals surface area contributed by atoms with Gasteiger partial charge < -0.3 is 15.0 Å². The van der Waals surface area contributed by atoms with Gasteiger partial charge >= 0.3 is 0 Å². The largest absolute Gasteiger partial charge is 0.484 e. The molecule has 1 N–H and O–H groups in total. The second-order valence-corrected chi connectivity index (χ2v) is 8.16. The Morgan fingerprint density at radius 3 is 2.59 bits per heavy atom. The third-order valence-corrected chi connectivity index (χ3v) is 6.35. The highest BCUT2D eigenvalue weighted by Crippen LogP contribution is 2.45. The molecular weight excluding hydrogens is 316 g/mol. The van der Waals surface area contributed by atoms with E-state index in [1.165, 1.54) is 17.1 Å². The van der Waals surface area contributed by atoms with E-state index in [1.54, 1.807) is 0 Å². The Hall–Kier alpha value is -0.850. The van der Waals surface area contributed by atoms with E-state index in [1.807, 2.05) is 49.8 Å². The van der Waals surface area contributed by atoms with Crippen LogP contribution in [0, 0.1) is 0 Å². The van der Waals surface area contributed by atoms with E-state index in [4.69, 9.17) is 4.74 Å². The zero-order chi connectivity index (χ0) is 15.8. The van der Waals surface area contributed by atoms with Crippen LogP contribution in [0.25, 0.3) is 0 Å². The predicted molar refractivity (Wildman–Crippen MR) is 95.8 cm³/mol. The van der Waals surface area contributed by atoms with E-state index in [0.717, 1.165) is 18.7 Å².